The van der Waals surface area contributed by atoms with Gasteiger partial charge in [0.1, 0.15) is 5.70 Å². The van der Waals surface area contributed by atoms with Crippen molar-refractivity contribution < 1.29 is 4.79 Å². The first-order valence-corrected chi connectivity index (χ1v) is 1.57. The molecule has 3 heteroatoms. The molecule has 3 nitrogen and oxygen atoms in total. The van der Waals surface area contributed by atoms with Gasteiger partial charge < -0.3 is 11.1 Å². The third-order valence-corrected chi connectivity index (χ3v) is 0.554. The zero-order chi connectivity index (χ0) is 4.57. The van der Waals surface area contributed by atoms with Crippen LogP contribution in [0.5, 0.6) is 0 Å². The summed E-state index contributed by atoms with van der Waals surface area (Å²) in [5.74, 6) is -0.380. The number of primary amides is 1. The fraction of sp³-hybridized carbons (Fsp3) is 0. The van der Waals surface area contributed by atoms with Crippen molar-refractivity contribution in [3.63, 3.8) is 0 Å². The molecular formula is C3H4N2O. The van der Waals surface area contributed by atoms with Gasteiger partial charge in [-0.15, -0.1) is 0 Å². The van der Waals surface area contributed by atoms with Gasteiger partial charge in [0.15, 0.2) is 0 Å². The van der Waals surface area contributed by atoms with E-state index in [9.17, 15) is 4.79 Å². The molecule has 0 spiro atoms. The van der Waals surface area contributed by atoms with E-state index in [4.69, 9.17) is 5.73 Å². The normalized spacial score (nSPS) is 15.0. The SMILES string of the molecule is NC(=O)C1=CN1. The Morgan fingerprint density at radius 2 is 2.50 bits per heavy atom. The van der Waals surface area contributed by atoms with Crippen LogP contribution in [-0.2, 0) is 4.79 Å². The molecule has 1 amide bonds. The van der Waals surface area contributed by atoms with Crippen molar-refractivity contribution in [1.82, 2.24) is 5.32 Å². The number of hydrogen-bond donors (Lipinski definition) is 2. The van der Waals surface area contributed by atoms with Crippen molar-refractivity contribution in [2.75, 3.05) is 0 Å². The number of carbonyl (C=O) groups excluding carboxylic acids is 1. The lowest BCUT2D eigenvalue weighted by molar-refractivity contribution is -0.114. The first-order chi connectivity index (χ1) is 2.80. The van der Waals surface area contributed by atoms with E-state index in [0.29, 0.717) is 5.70 Å². The second kappa shape index (κ2) is 0.739. The van der Waals surface area contributed by atoms with Gasteiger partial charge in [0.25, 0.3) is 5.91 Å². The Balaban J connectivity index is 2.52. The third-order valence-electron chi connectivity index (χ3n) is 0.554. The van der Waals surface area contributed by atoms with Crippen LogP contribution in [0.25, 0.3) is 0 Å². The highest BCUT2D eigenvalue weighted by Gasteiger charge is 2.10. The molecular weight excluding hydrogens is 80.0 g/mol. The zero-order valence-electron chi connectivity index (χ0n) is 3.06. The molecule has 32 valence electrons. The molecule has 0 saturated heterocycles. The summed E-state index contributed by atoms with van der Waals surface area (Å²) < 4.78 is 0. The Morgan fingerprint density at radius 1 is 2.00 bits per heavy atom. The number of rotatable bonds is 1. The van der Waals surface area contributed by atoms with Gasteiger partial charge in [-0.25, -0.2) is 0 Å². The van der Waals surface area contributed by atoms with E-state index in [1.54, 1.807) is 6.20 Å². The predicted octanol–water partition coefficient (Wildman–Crippen LogP) is -1.08. The topological polar surface area (TPSA) is 65.0 Å². The van der Waals surface area contributed by atoms with Crippen molar-refractivity contribution in [1.29, 1.82) is 0 Å². The summed E-state index contributed by atoms with van der Waals surface area (Å²) in [7, 11) is 0. The Kier molecular flexibility index (Phi) is 0.395. The van der Waals surface area contributed by atoms with Gasteiger partial charge in [-0.1, -0.05) is 0 Å². The number of nitrogens with two attached hydrogens (primary N) is 1. The number of nitrogens with one attached hydrogen (secondary N) is 1. The van der Waals surface area contributed by atoms with Gasteiger partial charge in [-0.2, -0.15) is 0 Å². The van der Waals surface area contributed by atoms with Crippen LogP contribution in [-0.4, -0.2) is 5.91 Å². The van der Waals surface area contributed by atoms with Gasteiger partial charge >= 0.3 is 0 Å². The van der Waals surface area contributed by atoms with E-state index in [2.05, 4.69) is 5.32 Å². The fourth-order valence-corrected chi connectivity index (χ4v) is 0.178. The largest absolute Gasteiger partial charge is 0.364 e. The van der Waals surface area contributed by atoms with Crippen LogP contribution in [0.15, 0.2) is 11.9 Å². The standard InChI is InChI=1S/C3H4N2O/c4-3(6)2-1-5-2/h1,5H,(H2,4,6). The summed E-state index contributed by atoms with van der Waals surface area (Å²) >= 11 is 0. The molecule has 1 aliphatic rings. The lowest BCUT2D eigenvalue weighted by atomic mass is 10.6. The highest BCUT2D eigenvalue weighted by Crippen LogP contribution is 1.96. The minimum Gasteiger partial charge on any atom is -0.364 e. The van der Waals surface area contributed by atoms with Crippen LogP contribution in [0, 0.1) is 0 Å². The average Bonchev–Trinajstić information content (AvgIpc) is 2.06. The highest BCUT2D eigenvalue weighted by molar-refractivity contribution is 5.94. The second-order valence-corrected chi connectivity index (χ2v) is 1.07. The molecule has 0 atom stereocenters. The molecule has 3 N–H and O–H groups in total. The summed E-state index contributed by atoms with van der Waals surface area (Å²) in [4.78, 5) is 9.85. The first kappa shape index (κ1) is 3.21. The average molecular weight is 84.1 g/mol. The quantitative estimate of drug-likeness (QED) is 0.424. The van der Waals surface area contributed by atoms with Crippen molar-refractivity contribution in [2.45, 2.75) is 0 Å². The van der Waals surface area contributed by atoms with Gasteiger partial charge in [0.2, 0.25) is 0 Å². The van der Waals surface area contributed by atoms with Crippen LogP contribution >= 0.6 is 0 Å². The molecule has 0 radical (unpaired) electrons. The molecule has 0 aliphatic carbocycles. The van der Waals surface area contributed by atoms with Crippen molar-refractivity contribution in [2.24, 2.45) is 5.73 Å². The van der Waals surface area contributed by atoms with Crippen molar-refractivity contribution in [3.8, 4) is 0 Å². The number of hydrogen-bond acceptors (Lipinski definition) is 2. The van der Waals surface area contributed by atoms with Crippen molar-refractivity contribution in [3.05, 3.63) is 11.9 Å². The molecule has 0 unspecified atom stereocenters. The van der Waals surface area contributed by atoms with E-state index in [1.807, 2.05) is 0 Å². The summed E-state index contributed by atoms with van der Waals surface area (Å²) in [5, 5.41) is 2.55. The number of carbonyl (C=O) groups is 1. The van der Waals surface area contributed by atoms with E-state index >= 15 is 0 Å². The van der Waals surface area contributed by atoms with E-state index < -0.39 is 0 Å². The minimum absolute atomic E-state index is 0.380. The molecule has 1 rings (SSSR count). The molecule has 0 aromatic carbocycles. The molecule has 1 aliphatic heterocycles. The van der Waals surface area contributed by atoms with E-state index in [1.165, 1.54) is 0 Å². The monoisotopic (exact) mass is 84.0 g/mol. The Labute approximate surface area is 34.8 Å². The summed E-state index contributed by atoms with van der Waals surface area (Å²) in [5.41, 5.74) is 5.25. The Hall–Kier alpha value is -0.990. The van der Waals surface area contributed by atoms with Crippen LogP contribution < -0.4 is 11.1 Å². The maximum Gasteiger partial charge on any atom is 0.266 e. The van der Waals surface area contributed by atoms with Crippen LogP contribution in [0.1, 0.15) is 0 Å². The summed E-state index contributed by atoms with van der Waals surface area (Å²) in [6, 6.07) is 0. The lowest BCUT2D eigenvalue weighted by Gasteiger charge is -1.72. The van der Waals surface area contributed by atoms with Gasteiger partial charge in [-0.3, -0.25) is 4.79 Å². The van der Waals surface area contributed by atoms with Gasteiger partial charge in [0.05, 0.1) is 0 Å². The van der Waals surface area contributed by atoms with Crippen LogP contribution in [0.3, 0.4) is 0 Å². The van der Waals surface area contributed by atoms with Crippen LogP contribution in [0.4, 0.5) is 0 Å². The molecule has 0 aromatic heterocycles. The molecule has 0 fully saturated rings. The minimum atomic E-state index is -0.380. The summed E-state index contributed by atoms with van der Waals surface area (Å²) in [6.45, 7) is 0. The van der Waals surface area contributed by atoms with Crippen molar-refractivity contribution >= 4 is 5.91 Å². The Bertz CT molecular complexity index is 116. The summed E-state index contributed by atoms with van der Waals surface area (Å²) in [6.07, 6.45) is 1.56. The van der Waals surface area contributed by atoms with E-state index in [-0.39, 0.29) is 5.91 Å². The van der Waals surface area contributed by atoms with Crippen LogP contribution in [0.2, 0.25) is 0 Å². The number of amides is 1. The molecule has 0 saturated carbocycles. The maximum atomic E-state index is 9.85. The smallest absolute Gasteiger partial charge is 0.266 e. The molecule has 6 heavy (non-hydrogen) atoms. The fourth-order valence-electron chi connectivity index (χ4n) is 0.178. The molecule has 0 bridgehead atoms. The first-order valence-electron chi connectivity index (χ1n) is 1.57. The second-order valence-electron chi connectivity index (χ2n) is 1.07. The highest BCUT2D eigenvalue weighted by atomic mass is 16.1. The maximum absolute atomic E-state index is 9.85. The Morgan fingerprint density at radius 3 is 2.50 bits per heavy atom. The third kappa shape index (κ3) is 0.337. The molecule has 0 aromatic rings. The zero-order valence-corrected chi connectivity index (χ0v) is 3.06. The molecule has 1 heterocycles. The van der Waals surface area contributed by atoms with E-state index in [0.717, 1.165) is 0 Å². The van der Waals surface area contributed by atoms with Gasteiger partial charge in [-0.05, 0) is 0 Å². The predicted molar refractivity (Wildman–Crippen MR) is 20.4 cm³/mol. The van der Waals surface area contributed by atoms with Gasteiger partial charge in [0, 0.05) is 6.20 Å². The lowest BCUT2D eigenvalue weighted by Crippen LogP contribution is -2.10.